The molecule has 8 atom stereocenters. The second-order valence-corrected chi connectivity index (χ2v) is 13.7. The van der Waals surface area contributed by atoms with Gasteiger partial charge >= 0.3 is 0 Å². The fourth-order valence-corrected chi connectivity index (χ4v) is 11.1. The van der Waals surface area contributed by atoms with Crippen LogP contribution in [0, 0.1) is 28.6 Å². The SMILES string of the molecule is CC(=O)SC1CC2=C1[C@@]1(C)C(=C(C)C2=O)CC[C@H]2[C@@H]3CC[C@H](C(C)=O)[C@@]3(C)C[C@H](Cl)[C@@]21Cl. The van der Waals surface area contributed by atoms with Crippen molar-refractivity contribution in [3.63, 3.8) is 0 Å². The molecule has 0 aromatic rings. The van der Waals surface area contributed by atoms with E-state index in [0.717, 1.165) is 48.0 Å². The van der Waals surface area contributed by atoms with Crippen molar-refractivity contribution < 1.29 is 14.4 Å². The lowest BCUT2D eigenvalue weighted by Crippen LogP contribution is -2.67. The standard InChI is InChI=1S/C26H32Cl2O3S/c1-12-16-6-9-19-18-8-7-17(13(2)29)24(18,4)11-21(27)26(19,28)25(16,5)22-15(23(12)31)10-20(22)32-14(3)30/h17-21H,6-11H2,1-5H3/t17-,18+,19+,20?,21+,24-,25-,26+/m1/s1. The van der Waals surface area contributed by atoms with E-state index in [2.05, 4.69) is 13.8 Å². The first-order valence-corrected chi connectivity index (χ1v) is 13.6. The molecule has 32 heavy (non-hydrogen) atoms. The number of alkyl halides is 2. The van der Waals surface area contributed by atoms with Crippen LogP contribution in [-0.4, -0.2) is 32.2 Å². The van der Waals surface area contributed by atoms with E-state index in [0.29, 0.717) is 18.8 Å². The van der Waals surface area contributed by atoms with Gasteiger partial charge in [0.1, 0.15) is 5.78 Å². The van der Waals surface area contributed by atoms with Gasteiger partial charge in [-0.25, -0.2) is 0 Å². The number of hydrogen-bond donors (Lipinski definition) is 0. The quantitative estimate of drug-likeness (QED) is 0.425. The number of rotatable bonds is 2. The number of thioether (sulfide) groups is 1. The largest absolute Gasteiger partial charge is 0.300 e. The zero-order chi connectivity index (χ0) is 23.4. The van der Waals surface area contributed by atoms with E-state index in [1.165, 1.54) is 11.8 Å². The monoisotopic (exact) mass is 494 g/mol. The first-order valence-electron chi connectivity index (χ1n) is 11.9. The lowest BCUT2D eigenvalue weighted by atomic mass is 9.43. The Morgan fingerprint density at radius 3 is 2.41 bits per heavy atom. The summed E-state index contributed by atoms with van der Waals surface area (Å²) in [6, 6.07) is 0. The molecular weight excluding hydrogens is 463 g/mol. The predicted molar refractivity (Wildman–Crippen MR) is 130 cm³/mol. The van der Waals surface area contributed by atoms with Gasteiger partial charge in [0.15, 0.2) is 10.9 Å². The molecule has 3 nitrogen and oxygen atoms in total. The molecule has 0 saturated heterocycles. The van der Waals surface area contributed by atoms with Crippen LogP contribution in [0.5, 0.6) is 0 Å². The highest BCUT2D eigenvalue weighted by molar-refractivity contribution is 8.14. The van der Waals surface area contributed by atoms with Crippen LogP contribution in [0.2, 0.25) is 0 Å². The number of carbonyl (C=O) groups excluding carboxylic acids is 3. The van der Waals surface area contributed by atoms with Crippen LogP contribution in [-0.2, 0) is 14.4 Å². The molecule has 1 unspecified atom stereocenters. The van der Waals surface area contributed by atoms with Crippen molar-refractivity contribution in [2.75, 3.05) is 0 Å². The van der Waals surface area contributed by atoms with Gasteiger partial charge in [0.05, 0.1) is 10.3 Å². The average Bonchev–Trinajstić information content (AvgIpc) is 3.01. The summed E-state index contributed by atoms with van der Waals surface area (Å²) in [5.41, 5.74) is 3.25. The van der Waals surface area contributed by atoms with E-state index in [1.807, 2.05) is 6.92 Å². The Morgan fingerprint density at radius 2 is 1.78 bits per heavy atom. The van der Waals surface area contributed by atoms with Crippen molar-refractivity contribution in [3.05, 3.63) is 22.3 Å². The molecule has 6 heteroatoms. The zero-order valence-corrected chi connectivity index (χ0v) is 21.8. The van der Waals surface area contributed by atoms with Crippen molar-refractivity contribution in [2.24, 2.45) is 28.6 Å². The van der Waals surface area contributed by atoms with Crippen molar-refractivity contribution in [1.82, 2.24) is 0 Å². The van der Waals surface area contributed by atoms with Gasteiger partial charge in [-0.1, -0.05) is 31.2 Å². The van der Waals surface area contributed by atoms with Gasteiger partial charge in [-0.2, -0.15) is 0 Å². The summed E-state index contributed by atoms with van der Waals surface area (Å²) in [6.45, 7) is 9.72. The normalized spacial score (nSPS) is 47.3. The Kier molecular flexibility index (Phi) is 5.22. The molecule has 0 amide bonds. The molecule has 0 aromatic heterocycles. The molecule has 3 saturated carbocycles. The molecule has 0 spiro atoms. The maximum Gasteiger partial charge on any atom is 0.186 e. The van der Waals surface area contributed by atoms with Gasteiger partial charge in [-0.05, 0) is 80.8 Å². The summed E-state index contributed by atoms with van der Waals surface area (Å²) in [5.74, 6) is 0.986. The average molecular weight is 496 g/mol. The molecule has 0 aliphatic heterocycles. The highest BCUT2D eigenvalue weighted by atomic mass is 35.5. The van der Waals surface area contributed by atoms with Crippen LogP contribution in [0.4, 0.5) is 0 Å². The summed E-state index contributed by atoms with van der Waals surface area (Å²) in [7, 11) is 0. The lowest BCUT2D eigenvalue weighted by molar-refractivity contribution is -0.126. The number of hydrogen-bond acceptors (Lipinski definition) is 4. The molecule has 5 aliphatic rings. The summed E-state index contributed by atoms with van der Waals surface area (Å²) in [4.78, 5) is 37.0. The molecule has 3 fully saturated rings. The molecule has 5 aliphatic carbocycles. The minimum atomic E-state index is -0.726. The Bertz CT molecular complexity index is 1010. The van der Waals surface area contributed by atoms with Crippen LogP contribution in [0.15, 0.2) is 22.3 Å². The van der Waals surface area contributed by atoms with Crippen molar-refractivity contribution >= 4 is 51.6 Å². The second kappa shape index (κ2) is 7.21. The summed E-state index contributed by atoms with van der Waals surface area (Å²) < 4.78 is 0. The minimum Gasteiger partial charge on any atom is -0.300 e. The molecule has 0 bridgehead atoms. The summed E-state index contributed by atoms with van der Waals surface area (Å²) in [6.07, 6.45) is 5.01. The number of ketones is 2. The first kappa shape index (κ1) is 23.2. The van der Waals surface area contributed by atoms with Crippen LogP contribution >= 0.6 is 35.0 Å². The van der Waals surface area contributed by atoms with Crippen LogP contribution < -0.4 is 0 Å². The fourth-order valence-electron chi connectivity index (χ4n) is 8.72. The molecule has 0 N–H and O–H groups in total. The Labute approximate surface area is 205 Å². The van der Waals surface area contributed by atoms with E-state index in [1.54, 1.807) is 13.8 Å². The third-order valence-corrected chi connectivity index (χ3v) is 12.6. The molecule has 5 rings (SSSR count). The molecule has 174 valence electrons. The summed E-state index contributed by atoms with van der Waals surface area (Å²) in [5, 5.41) is -0.242. The topological polar surface area (TPSA) is 51.2 Å². The molecule has 0 aromatic carbocycles. The highest BCUT2D eigenvalue weighted by Crippen LogP contribution is 2.74. The first-order chi connectivity index (χ1) is 14.9. The maximum absolute atomic E-state index is 13.2. The fraction of sp³-hybridized carbons (Fsp3) is 0.731. The maximum atomic E-state index is 13.2. The predicted octanol–water partition coefficient (Wildman–Crippen LogP) is 6.26. The van der Waals surface area contributed by atoms with Crippen molar-refractivity contribution in [3.8, 4) is 0 Å². The zero-order valence-electron chi connectivity index (χ0n) is 19.5. The second-order valence-electron chi connectivity index (χ2n) is 11.2. The van der Waals surface area contributed by atoms with E-state index in [9.17, 15) is 14.4 Å². The Morgan fingerprint density at radius 1 is 1.09 bits per heavy atom. The number of carbonyl (C=O) groups is 3. The highest BCUT2D eigenvalue weighted by Gasteiger charge is 2.72. The van der Waals surface area contributed by atoms with Crippen LogP contribution in [0.3, 0.4) is 0 Å². The van der Waals surface area contributed by atoms with Crippen LogP contribution in [0.25, 0.3) is 0 Å². The van der Waals surface area contributed by atoms with Crippen LogP contribution in [0.1, 0.15) is 73.1 Å². The number of halogens is 2. The summed E-state index contributed by atoms with van der Waals surface area (Å²) >= 11 is 16.4. The van der Waals surface area contributed by atoms with Gasteiger partial charge in [0.25, 0.3) is 0 Å². The van der Waals surface area contributed by atoms with E-state index >= 15 is 0 Å². The number of fused-ring (bicyclic) bond motifs is 6. The van der Waals surface area contributed by atoms with Gasteiger partial charge in [-0.3, -0.25) is 14.4 Å². The lowest BCUT2D eigenvalue weighted by Gasteiger charge is -2.66. The van der Waals surface area contributed by atoms with E-state index in [4.69, 9.17) is 23.2 Å². The third-order valence-electron chi connectivity index (χ3n) is 10.0. The van der Waals surface area contributed by atoms with E-state index in [-0.39, 0.29) is 44.6 Å². The number of allylic oxidation sites excluding steroid dienone is 3. The van der Waals surface area contributed by atoms with Crippen molar-refractivity contribution in [1.29, 1.82) is 0 Å². The van der Waals surface area contributed by atoms with Crippen molar-refractivity contribution in [2.45, 2.75) is 88.6 Å². The smallest absolute Gasteiger partial charge is 0.186 e. The number of Topliss-reactive ketones (excluding diaryl/α,β-unsaturated/α-hetero) is 2. The van der Waals surface area contributed by atoms with E-state index < -0.39 is 10.3 Å². The van der Waals surface area contributed by atoms with Gasteiger partial charge in [0.2, 0.25) is 0 Å². The molecule has 0 heterocycles. The minimum absolute atomic E-state index is 0.000326. The third kappa shape index (κ3) is 2.61. The van der Waals surface area contributed by atoms with Gasteiger partial charge in [0, 0.05) is 29.1 Å². The Hall–Kier alpha value is -0.580. The van der Waals surface area contributed by atoms with Gasteiger partial charge < -0.3 is 0 Å². The Balaban J connectivity index is 1.66. The molecular formula is C26H32Cl2O3S. The van der Waals surface area contributed by atoms with Gasteiger partial charge in [-0.15, -0.1) is 23.2 Å². The molecule has 0 radical (unpaired) electrons.